The molecule has 2 aromatic carbocycles. The fraction of sp³-hybridized carbons (Fsp3) is 0.578. The largest absolute Gasteiger partial charge is 0.488 e. The first-order valence-corrected chi connectivity index (χ1v) is 22.3. The molecule has 4 atom stereocenters. The van der Waals surface area contributed by atoms with Crippen molar-refractivity contribution in [1.29, 1.82) is 0 Å². The molecule has 322 valence electrons. The number of nitrogens with zero attached hydrogens (tertiary/aromatic N) is 8. The smallest absolute Gasteiger partial charge is 0.257 e. The molecule has 0 spiro atoms. The van der Waals surface area contributed by atoms with E-state index in [1.165, 1.54) is 4.90 Å². The lowest BCUT2D eigenvalue weighted by Crippen LogP contribution is -2.53. The van der Waals surface area contributed by atoms with Gasteiger partial charge in [-0.1, -0.05) is 6.92 Å². The highest BCUT2D eigenvalue weighted by Crippen LogP contribution is 2.41. The Kier molecular flexibility index (Phi) is 10.4. The maximum absolute atomic E-state index is 13.7. The van der Waals surface area contributed by atoms with E-state index in [2.05, 4.69) is 49.9 Å². The minimum Gasteiger partial charge on any atom is -0.488 e. The number of fused-ring (bicyclic) bond motifs is 2. The summed E-state index contributed by atoms with van der Waals surface area (Å²) in [5, 5.41) is 22.4. The van der Waals surface area contributed by atoms with Crippen molar-refractivity contribution < 1.29 is 29.0 Å². The van der Waals surface area contributed by atoms with Crippen LogP contribution in [0.3, 0.4) is 0 Å². The predicted molar refractivity (Wildman–Crippen MR) is 228 cm³/mol. The predicted octanol–water partition coefficient (Wildman–Crippen LogP) is 3.31. The number of aliphatic hydroxyl groups is 1. The number of H-pyrrole nitrogens is 1. The average molecular weight is 833 g/mol. The van der Waals surface area contributed by atoms with Crippen LogP contribution in [-0.4, -0.2) is 147 Å². The number of piperazine rings is 1. The molecule has 3 N–H and O–H groups in total. The number of hydrogen-bond acceptors (Lipinski definition) is 12. The van der Waals surface area contributed by atoms with E-state index < -0.39 is 24.1 Å². The number of aromatic nitrogens is 2. The van der Waals surface area contributed by atoms with E-state index in [-0.39, 0.29) is 48.3 Å². The third-order valence-corrected chi connectivity index (χ3v) is 14.4. The standard InChI is InChI=1S/C45H56N10O6/c1-27-38(39-34-24-31(61-45(2)13-14-45)4-6-35(34)49-50-39)46-26-47-40(27)53-15-9-28(10-16-53)25-51-19-21-54(22-20-51)42(58)29-11-17-52(18-12-29)30-3-5-32-33(23-30)44(60)55(43(32)59)36-7-8-37(56)48-41(36)57/h3-6,23-24,26-29,36,40,44,60H,7-22,25H2,1-2H3,(H,49,50)(H,48,56,57). The van der Waals surface area contributed by atoms with Gasteiger partial charge in [0.15, 0.2) is 6.23 Å². The molecule has 16 nitrogen and oxygen atoms in total. The van der Waals surface area contributed by atoms with E-state index in [1.54, 1.807) is 12.4 Å². The van der Waals surface area contributed by atoms with E-state index in [4.69, 9.17) is 19.8 Å². The molecule has 4 amide bonds. The quantitative estimate of drug-likeness (QED) is 0.271. The topological polar surface area (TPSA) is 179 Å². The van der Waals surface area contributed by atoms with Gasteiger partial charge in [-0.05, 0) is 94.2 Å². The van der Waals surface area contributed by atoms with Gasteiger partial charge in [0.05, 0.1) is 11.2 Å². The van der Waals surface area contributed by atoms with Crippen LogP contribution in [0.2, 0.25) is 0 Å². The van der Waals surface area contributed by atoms with E-state index in [0.29, 0.717) is 30.1 Å². The molecule has 61 heavy (non-hydrogen) atoms. The molecule has 5 fully saturated rings. The molecule has 10 rings (SSSR count). The summed E-state index contributed by atoms with van der Waals surface area (Å²) in [4.78, 5) is 71.2. The zero-order chi connectivity index (χ0) is 42.0. The maximum Gasteiger partial charge on any atom is 0.257 e. The summed E-state index contributed by atoms with van der Waals surface area (Å²) in [7, 11) is 0. The number of ether oxygens (including phenoxy) is 1. The molecule has 0 bridgehead atoms. The average Bonchev–Trinajstić information content (AvgIpc) is 3.76. The Bertz CT molecular complexity index is 2280. The summed E-state index contributed by atoms with van der Waals surface area (Å²) in [6.07, 6.45) is 6.66. The Labute approximate surface area is 355 Å². The lowest BCUT2D eigenvalue weighted by atomic mass is 9.91. The summed E-state index contributed by atoms with van der Waals surface area (Å²) in [5.74, 6) is 0.459. The van der Waals surface area contributed by atoms with Gasteiger partial charge in [-0.3, -0.25) is 49.3 Å². The number of piperidine rings is 3. The number of rotatable bonds is 9. The second-order valence-corrected chi connectivity index (χ2v) is 18.5. The third kappa shape index (κ3) is 7.71. The van der Waals surface area contributed by atoms with Crippen LogP contribution in [0.15, 0.2) is 46.4 Å². The van der Waals surface area contributed by atoms with Crippen LogP contribution in [0.5, 0.6) is 5.75 Å². The summed E-state index contributed by atoms with van der Waals surface area (Å²) in [5.41, 5.74) is 4.48. The van der Waals surface area contributed by atoms with Gasteiger partial charge in [-0.15, -0.1) is 0 Å². The zero-order valence-electron chi connectivity index (χ0n) is 35.1. The molecule has 4 saturated heterocycles. The van der Waals surface area contributed by atoms with Gasteiger partial charge in [-0.2, -0.15) is 5.10 Å². The van der Waals surface area contributed by atoms with Gasteiger partial charge in [0, 0.05) is 99.4 Å². The number of amides is 4. The molecule has 1 saturated carbocycles. The van der Waals surface area contributed by atoms with Crippen LogP contribution >= 0.6 is 0 Å². The van der Waals surface area contributed by atoms with Crippen LogP contribution in [0, 0.1) is 17.8 Å². The number of anilines is 1. The Balaban J connectivity index is 0.671. The molecule has 3 aromatic rings. The molecular weight excluding hydrogens is 777 g/mol. The molecule has 1 aliphatic carbocycles. The number of benzene rings is 2. The molecule has 6 aliphatic heterocycles. The van der Waals surface area contributed by atoms with E-state index in [1.807, 2.05) is 24.3 Å². The SMILES string of the molecule is CC1C(c2n[nH]c3ccc(OC4(C)CC4)cc23)=NC=NC1N1CCC(CN2CCN(C(=O)C3CCN(c4ccc5c(c4)C(O)N(C4CCC(=O)NC4=O)C5=O)CC3)CC2)CC1. The molecule has 0 radical (unpaired) electrons. The van der Waals surface area contributed by atoms with E-state index in [0.717, 1.165) is 118 Å². The summed E-state index contributed by atoms with van der Waals surface area (Å²) in [6.45, 7) is 12.1. The highest BCUT2D eigenvalue weighted by atomic mass is 16.5. The Morgan fingerprint density at radius 1 is 0.934 bits per heavy atom. The monoisotopic (exact) mass is 832 g/mol. The van der Waals surface area contributed by atoms with Crippen molar-refractivity contribution in [2.45, 2.75) is 89.3 Å². The second kappa shape index (κ2) is 15.9. The number of aromatic amines is 1. The molecule has 7 heterocycles. The van der Waals surface area contributed by atoms with E-state index >= 15 is 0 Å². The lowest BCUT2D eigenvalue weighted by molar-refractivity contribution is -0.140. The van der Waals surface area contributed by atoms with Crippen LogP contribution in [0.1, 0.15) is 93.1 Å². The van der Waals surface area contributed by atoms with Crippen LogP contribution in [0.4, 0.5) is 5.69 Å². The van der Waals surface area contributed by atoms with Crippen LogP contribution in [0.25, 0.3) is 10.9 Å². The first-order chi connectivity index (χ1) is 29.5. The van der Waals surface area contributed by atoms with Gasteiger partial charge in [-0.25, -0.2) is 4.99 Å². The van der Waals surface area contributed by atoms with Crippen molar-refractivity contribution >= 4 is 52.3 Å². The van der Waals surface area contributed by atoms with Gasteiger partial charge >= 0.3 is 0 Å². The number of aliphatic imine (C=N–C) groups is 2. The first kappa shape index (κ1) is 39.9. The van der Waals surface area contributed by atoms with Crippen molar-refractivity contribution in [3.05, 3.63) is 53.2 Å². The van der Waals surface area contributed by atoms with Crippen molar-refractivity contribution in [3.63, 3.8) is 0 Å². The zero-order valence-corrected chi connectivity index (χ0v) is 35.1. The van der Waals surface area contributed by atoms with Crippen LogP contribution < -0.4 is 15.0 Å². The van der Waals surface area contributed by atoms with Crippen LogP contribution in [-0.2, 0) is 14.4 Å². The van der Waals surface area contributed by atoms with Crippen molar-refractivity contribution in [1.82, 2.24) is 35.1 Å². The summed E-state index contributed by atoms with van der Waals surface area (Å²) < 4.78 is 6.26. The Morgan fingerprint density at radius 2 is 1.70 bits per heavy atom. The molecule has 1 aromatic heterocycles. The van der Waals surface area contributed by atoms with Gasteiger partial charge in [0.2, 0.25) is 17.7 Å². The van der Waals surface area contributed by atoms with Gasteiger partial charge < -0.3 is 19.6 Å². The lowest BCUT2D eigenvalue weighted by Gasteiger charge is -2.42. The molecular formula is C45H56N10O6. The Morgan fingerprint density at radius 3 is 2.44 bits per heavy atom. The van der Waals surface area contributed by atoms with Crippen molar-refractivity contribution in [2.75, 3.05) is 63.8 Å². The fourth-order valence-electron chi connectivity index (χ4n) is 10.4. The van der Waals surface area contributed by atoms with Crippen molar-refractivity contribution in [3.8, 4) is 5.75 Å². The third-order valence-electron chi connectivity index (χ3n) is 14.4. The number of hydrogen-bond donors (Lipinski definition) is 3. The summed E-state index contributed by atoms with van der Waals surface area (Å²) in [6, 6.07) is 10.7. The minimum atomic E-state index is -1.26. The summed E-state index contributed by atoms with van der Waals surface area (Å²) >= 11 is 0. The number of aliphatic hydroxyl groups excluding tert-OH is 1. The molecule has 7 aliphatic rings. The Hall–Kier alpha value is -5.19. The number of likely N-dealkylation sites (tertiary alicyclic amines) is 1. The molecule has 4 unspecified atom stereocenters. The highest BCUT2D eigenvalue weighted by molar-refractivity contribution is 6.13. The normalized spacial score (nSPS) is 27.7. The fourth-order valence-corrected chi connectivity index (χ4v) is 10.4. The maximum atomic E-state index is 13.7. The van der Waals surface area contributed by atoms with Gasteiger partial charge in [0.25, 0.3) is 5.91 Å². The number of imide groups is 1. The number of carbonyl (C=O) groups excluding carboxylic acids is 4. The first-order valence-electron chi connectivity index (χ1n) is 22.3. The van der Waals surface area contributed by atoms with E-state index in [9.17, 15) is 24.3 Å². The van der Waals surface area contributed by atoms with Crippen molar-refractivity contribution in [2.24, 2.45) is 27.7 Å². The number of nitrogens with one attached hydrogen (secondary N) is 2. The van der Waals surface area contributed by atoms with Gasteiger partial charge in [0.1, 0.15) is 35.6 Å². The molecule has 16 heteroatoms. The second-order valence-electron chi connectivity index (χ2n) is 18.5. The minimum absolute atomic E-state index is 0.0243. The highest BCUT2D eigenvalue weighted by Gasteiger charge is 2.45. The number of carbonyl (C=O) groups is 4.